The summed E-state index contributed by atoms with van der Waals surface area (Å²) in [6.07, 6.45) is 27.4. The van der Waals surface area contributed by atoms with Gasteiger partial charge in [-0.25, -0.2) is 4.79 Å². The molecule has 0 aromatic carbocycles. The number of aliphatic hydroxyl groups excluding tert-OH is 1. The minimum Gasteiger partial charge on any atom is -0.462 e. The lowest BCUT2D eigenvalue weighted by Crippen LogP contribution is -2.28. The van der Waals surface area contributed by atoms with Gasteiger partial charge in [-0.15, -0.1) is 37.9 Å². The summed E-state index contributed by atoms with van der Waals surface area (Å²) >= 11 is 24.0. The van der Waals surface area contributed by atoms with Crippen LogP contribution in [0.5, 0.6) is 0 Å². The molecule has 0 radical (unpaired) electrons. The minimum atomic E-state index is -1.53. The number of hydrogen-bond acceptors (Lipinski definition) is 14. The molecule has 1 N–H and O–H groups in total. The molecule has 1 unspecified atom stereocenters. The van der Waals surface area contributed by atoms with Crippen LogP contribution in [0.2, 0.25) is 0 Å². The Hall–Kier alpha value is 0.140. The average molecular weight is 849 g/mol. The van der Waals surface area contributed by atoms with E-state index in [1.54, 1.807) is 0 Å². The highest BCUT2D eigenvalue weighted by molar-refractivity contribution is 8.18. The zero-order valence-corrected chi connectivity index (χ0v) is 37.1. The Morgan fingerprint density at radius 2 is 0.769 bits per heavy atom. The van der Waals surface area contributed by atoms with E-state index in [-0.39, 0.29) is 31.6 Å². The maximum absolute atomic E-state index is 11.9. The molecule has 0 fully saturated rings. The normalized spacial score (nSPS) is 11.8. The van der Waals surface area contributed by atoms with Crippen LogP contribution in [0.25, 0.3) is 0 Å². The van der Waals surface area contributed by atoms with Crippen molar-refractivity contribution in [2.45, 2.75) is 183 Å². The Kier molecular flexibility index (Phi) is 42.6. The summed E-state index contributed by atoms with van der Waals surface area (Å²) in [4.78, 5) is 46.4. The van der Waals surface area contributed by atoms with Gasteiger partial charge in [0.15, 0.2) is 9.52 Å². The fraction of sp³-hybridized carbons (Fsp3) is 0.895. The van der Waals surface area contributed by atoms with Crippen LogP contribution in [0.1, 0.15) is 173 Å². The highest BCUT2D eigenvalue weighted by Crippen LogP contribution is 2.26. The zero-order valence-electron chi connectivity index (χ0n) is 31.7. The number of aliphatic hydroxyl groups is 1. The third kappa shape index (κ3) is 41.3. The molecule has 0 bridgehead atoms. The standard InChI is InChI=1S/C25H48O5S2.C13H24O3S4/c26-21-23(30-25(28)18-14-10-6-2-4-8-12-16-20-32)22-29-24(27)17-13-9-5-1-3-7-11-15-19-31;14-11(16-12(15)13(18,19)20)9-7-5-3-1-2-4-6-8-10-17/h23,26,31-32H,1-22H2;17-20H,1-10H2. The van der Waals surface area contributed by atoms with Gasteiger partial charge < -0.3 is 19.3 Å². The molecule has 0 aliphatic heterocycles. The molecular formula is C38H72O8S6. The lowest BCUT2D eigenvalue weighted by Gasteiger charge is -2.15. The second-order valence-corrected chi connectivity index (χ2v) is 17.7. The van der Waals surface area contributed by atoms with Crippen molar-refractivity contribution in [3.05, 3.63) is 0 Å². The van der Waals surface area contributed by atoms with Gasteiger partial charge in [0.2, 0.25) is 0 Å². The minimum absolute atomic E-state index is 0.0709. The zero-order chi connectivity index (χ0) is 39.1. The van der Waals surface area contributed by atoms with Gasteiger partial charge in [-0.2, -0.15) is 37.9 Å². The molecule has 0 aromatic rings. The first-order chi connectivity index (χ1) is 25.0. The Morgan fingerprint density at radius 1 is 0.462 bits per heavy atom. The lowest BCUT2D eigenvalue weighted by molar-refractivity contribution is -0.161. The molecule has 1 atom stereocenters. The van der Waals surface area contributed by atoms with Gasteiger partial charge in [0.05, 0.1) is 6.61 Å². The molecule has 52 heavy (non-hydrogen) atoms. The van der Waals surface area contributed by atoms with E-state index in [0.29, 0.717) is 12.8 Å². The second kappa shape index (κ2) is 40.8. The molecule has 8 nitrogen and oxygen atoms in total. The molecule has 0 rings (SSSR count). The molecule has 0 saturated carbocycles. The average Bonchev–Trinajstić information content (AvgIpc) is 3.11. The molecule has 0 aliphatic rings. The molecule has 0 saturated heterocycles. The van der Waals surface area contributed by atoms with E-state index >= 15 is 0 Å². The number of carbonyl (C=O) groups excluding carboxylic acids is 4. The van der Waals surface area contributed by atoms with Crippen LogP contribution in [0, 0.1) is 0 Å². The number of rotatable bonds is 35. The van der Waals surface area contributed by atoms with Crippen LogP contribution < -0.4 is 0 Å². The number of thiol groups is 6. The van der Waals surface area contributed by atoms with E-state index < -0.39 is 21.5 Å². The van der Waals surface area contributed by atoms with Crippen molar-refractivity contribution >= 4 is 99.6 Å². The van der Waals surface area contributed by atoms with Crippen molar-refractivity contribution in [3.8, 4) is 0 Å². The van der Waals surface area contributed by atoms with Gasteiger partial charge >= 0.3 is 23.9 Å². The van der Waals surface area contributed by atoms with E-state index in [1.165, 1.54) is 96.3 Å². The van der Waals surface area contributed by atoms with E-state index in [4.69, 9.17) is 9.47 Å². The molecule has 0 aromatic heterocycles. The van der Waals surface area contributed by atoms with Gasteiger partial charge in [0.1, 0.15) is 6.61 Å². The number of carbonyl (C=O) groups is 4. The fourth-order valence-electron chi connectivity index (χ4n) is 5.18. The van der Waals surface area contributed by atoms with E-state index in [2.05, 4.69) is 80.5 Å². The first-order valence-corrected chi connectivity index (χ1v) is 23.0. The maximum atomic E-state index is 11.9. The van der Waals surface area contributed by atoms with Crippen molar-refractivity contribution in [2.75, 3.05) is 30.5 Å². The van der Waals surface area contributed by atoms with Gasteiger partial charge in [-0.05, 0) is 55.8 Å². The first-order valence-electron chi connectivity index (χ1n) is 19.7. The molecule has 0 amide bonds. The van der Waals surface area contributed by atoms with Crippen LogP contribution >= 0.6 is 75.8 Å². The Balaban J connectivity index is 0. The summed E-state index contributed by atoms with van der Waals surface area (Å²) in [5.74, 6) is 0.898. The van der Waals surface area contributed by atoms with Gasteiger partial charge in [-0.1, -0.05) is 116 Å². The third-order valence-electron chi connectivity index (χ3n) is 8.28. The summed E-state index contributed by atoms with van der Waals surface area (Å²) in [7, 11) is 0. The highest BCUT2D eigenvalue weighted by atomic mass is 32.2. The van der Waals surface area contributed by atoms with Crippen LogP contribution in [0.4, 0.5) is 0 Å². The van der Waals surface area contributed by atoms with Crippen LogP contribution in [0.3, 0.4) is 0 Å². The van der Waals surface area contributed by atoms with E-state index in [0.717, 1.165) is 75.0 Å². The third-order valence-corrected chi connectivity index (χ3v) is 9.78. The topological polar surface area (TPSA) is 116 Å². The molecule has 0 spiro atoms. The van der Waals surface area contributed by atoms with Gasteiger partial charge in [-0.3, -0.25) is 14.4 Å². The monoisotopic (exact) mass is 848 g/mol. The quantitative estimate of drug-likeness (QED) is 0.00843. The highest BCUT2D eigenvalue weighted by Gasteiger charge is 2.29. The molecular weight excluding hydrogens is 777 g/mol. The number of hydrogen-bond donors (Lipinski definition) is 7. The van der Waals surface area contributed by atoms with Crippen molar-refractivity contribution in [1.82, 2.24) is 0 Å². The molecule has 0 heterocycles. The van der Waals surface area contributed by atoms with E-state index in [1.807, 2.05) is 0 Å². The van der Waals surface area contributed by atoms with Crippen LogP contribution in [0.15, 0.2) is 0 Å². The number of unbranched alkanes of at least 4 members (excludes halogenated alkanes) is 21. The summed E-state index contributed by atoms with van der Waals surface area (Å²) in [5, 5.41) is 9.39. The van der Waals surface area contributed by atoms with Gasteiger partial charge in [0, 0.05) is 19.3 Å². The SMILES string of the molecule is O=C(CCCCCCCCCCS)OC(=O)C(S)(S)S.O=C(CCCCCCCCCCS)OCC(CO)OC(=O)CCCCCCCCCCS. The van der Waals surface area contributed by atoms with Crippen molar-refractivity contribution < 1.29 is 38.5 Å². The largest absolute Gasteiger partial charge is 0.462 e. The van der Waals surface area contributed by atoms with Crippen molar-refractivity contribution in [3.63, 3.8) is 0 Å². The molecule has 308 valence electrons. The summed E-state index contributed by atoms with van der Waals surface area (Å²) < 4.78 is 13.5. The molecule has 14 heteroatoms. The predicted octanol–water partition coefficient (Wildman–Crippen LogP) is 10.3. The maximum Gasteiger partial charge on any atom is 0.349 e. The van der Waals surface area contributed by atoms with Crippen molar-refractivity contribution in [2.24, 2.45) is 0 Å². The Labute approximate surface area is 349 Å². The van der Waals surface area contributed by atoms with Crippen LogP contribution in [-0.4, -0.2) is 69.0 Å². The summed E-state index contributed by atoms with van der Waals surface area (Å²) in [6.45, 7) is -0.406. The van der Waals surface area contributed by atoms with E-state index in [9.17, 15) is 24.3 Å². The predicted molar refractivity (Wildman–Crippen MR) is 235 cm³/mol. The smallest absolute Gasteiger partial charge is 0.349 e. The first kappa shape index (κ1) is 54.2. The second-order valence-electron chi connectivity index (χ2n) is 13.3. The Bertz CT molecular complexity index is 860. The number of esters is 4. The summed E-state index contributed by atoms with van der Waals surface area (Å²) in [5.41, 5.74) is 0. The molecule has 0 aliphatic carbocycles. The number of ether oxygens (including phenoxy) is 3. The van der Waals surface area contributed by atoms with Crippen molar-refractivity contribution in [1.29, 1.82) is 0 Å². The summed E-state index contributed by atoms with van der Waals surface area (Å²) in [6, 6.07) is 0. The fourth-order valence-corrected chi connectivity index (χ4v) is 5.98. The lowest BCUT2D eigenvalue weighted by atomic mass is 10.1. The van der Waals surface area contributed by atoms with Crippen LogP contribution in [-0.2, 0) is 33.4 Å². The van der Waals surface area contributed by atoms with Gasteiger partial charge in [0.25, 0.3) is 0 Å². The Morgan fingerprint density at radius 3 is 1.10 bits per heavy atom.